The second-order valence-electron chi connectivity index (χ2n) is 5.53. The van der Waals surface area contributed by atoms with E-state index in [1.807, 2.05) is 27.7 Å². The molecule has 100 valence electrons. The summed E-state index contributed by atoms with van der Waals surface area (Å²) in [6.07, 6.45) is 0.903. The van der Waals surface area contributed by atoms with Crippen LogP contribution in [0.4, 0.5) is 0 Å². The topological polar surface area (TPSA) is 77.1 Å². The normalized spacial score (nSPS) is 24.2. The summed E-state index contributed by atoms with van der Waals surface area (Å²) in [4.78, 5) is 12.0. The Bertz CT molecular complexity index is 436. The first-order chi connectivity index (χ1) is 8.38. The van der Waals surface area contributed by atoms with E-state index in [9.17, 15) is 4.79 Å². The lowest BCUT2D eigenvalue weighted by Crippen LogP contribution is -2.25. The smallest absolute Gasteiger partial charge is 0.361 e. The molecule has 2 heterocycles. The van der Waals surface area contributed by atoms with Gasteiger partial charge < -0.3 is 9.47 Å². The second kappa shape index (κ2) is 4.68. The molecule has 2 unspecified atom stereocenters. The summed E-state index contributed by atoms with van der Waals surface area (Å²) < 4.78 is 10.8. The van der Waals surface area contributed by atoms with Crippen LogP contribution in [0.5, 0.6) is 0 Å². The predicted octanol–water partition coefficient (Wildman–Crippen LogP) is 1.65. The molecule has 0 amide bonds. The van der Waals surface area contributed by atoms with Gasteiger partial charge in [0.1, 0.15) is 11.3 Å². The zero-order valence-corrected chi connectivity index (χ0v) is 11.2. The molecule has 0 radical (unpaired) electrons. The molecule has 18 heavy (non-hydrogen) atoms. The number of H-pyrrole nitrogens is 1. The highest BCUT2D eigenvalue weighted by Crippen LogP contribution is 2.31. The van der Waals surface area contributed by atoms with Gasteiger partial charge in [-0.25, -0.2) is 4.79 Å². The SMILES string of the molecule is CC1OCCC1c1n[nH]nc1C(=O)OC(C)(C)C. The van der Waals surface area contributed by atoms with E-state index in [0.717, 1.165) is 6.42 Å². The Morgan fingerprint density at radius 1 is 1.44 bits per heavy atom. The lowest BCUT2D eigenvalue weighted by atomic mass is 9.97. The van der Waals surface area contributed by atoms with Gasteiger partial charge in [0.05, 0.1) is 6.10 Å². The van der Waals surface area contributed by atoms with Gasteiger partial charge in [0.25, 0.3) is 0 Å². The van der Waals surface area contributed by atoms with Gasteiger partial charge in [0.2, 0.25) is 0 Å². The standard InChI is InChI=1S/C12H19N3O3/c1-7-8(5-6-17-7)9-10(14-15-13-9)11(16)18-12(2,3)4/h7-8H,5-6H2,1-4H3,(H,13,14,15). The molecule has 6 nitrogen and oxygen atoms in total. The van der Waals surface area contributed by atoms with Crippen molar-refractivity contribution >= 4 is 5.97 Å². The lowest BCUT2D eigenvalue weighted by Gasteiger charge is -2.19. The number of esters is 1. The first-order valence-electron chi connectivity index (χ1n) is 6.14. The predicted molar refractivity (Wildman–Crippen MR) is 64.3 cm³/mol. The van der Waals surface area contributed by atoms with Crippen LogP contribution in [0.1, 0.15) is 56.2 Å². The maximum Gasteiger partial charge on any atom is 0.361 e. The molecule has 1 aromatic heterocycles. The molecule has 0 spiro atoms. The van der Waals surface area contributed by atoms with Crippen molar-refractivity contribution in [3.63, 3.8) is 0 Å². The van der Waals surface area contributed by atoms with Gasteiger partial charge in [-0.1, -0.05) is 0 Å². The molecule has 1 aliphatic heterocycles. The Kier molecular flexibility index (Phi) is 3.38. The van der Waals surface area contributed by atoms with E-state index >= 15 is 0 Å². The Hall–Kier alpha value is -1.43. The third kappa shape index (κ3) is 2.69. The summed E-state index contributed by atoms with van der Waals surface area (Å²) in [5.41, 5.74) is 0.381. The number of aromatic nitrogens is 3. The van der Waals surface area contributed by atoms with Gasteiger partial charge in [-0.3, -0.25) is 0 Å². The number of aromatic amines is 1. The fourth-order valence-electron chi connectivity index (χ4n) is 2.07. The Morgan fingerprint density at radius 2 is 2.17 bits per heavy atom. The summed E-state index contributed by atoms with van der Waals surface area (Å²) in [6, 6.07) is 0. The number of ether oxygens (including phenoxy) is 2. The molecule has 0 aromatic carbocycles. The summed E-state index contributed by atoms with van der Waals surface area (Å²) in [7, 11) is 0. The maximum absolute atomic E-state index is 12.0. The van der Waals surface area contributed by atoms with E-state index in [4.69, 9.17) is 9.47 Å². The molecule has 0 saturated carbocycles. The first kappa shape index (κ1) is 13.0. The van der Waals surface area contributed by atoms with Crippen molar-refractivity contribution < 1.29 is 14.3 Å². The summed E-state index contributed by atoms with van der Waals surface area (Å²) in [5.74, 6) is -0.336. The van der Waals surface area contributed by atoms with Crippen molar-refractivity contribution in [1.82, 2.24) is 15.4 Å². The first-order valence-corrected chi connectivity index (χ1v) is 6.14. The minimum atomic E-state index is -0.537. The molecule has 6 heteroatoms. The molecule has 0 bridgehead atoms. The van der Waals surface area contributed by atoms with E-state index in [0.29, 0.717) is 12.3 Å². The highest BCUT2D eigenvalue weighted by Gasteiger charge is 2.33. The minimum absolute atomic E-state index is 0.0521. The largest absolute Gasteiger partial charge is 0.455 e. The van der Waals surface area contributed by atoms with Crippen LogP contribution >= 0.6 is 0 Å². The van der Waals surface area contributed by atoms with Gasteiger partial charge in [0, 0.05) is 12.5 Å². The average molecular weight is 253 g/mol. The van der Waals surface area contributed by atoms with E-state index in [1.54, 1.807) is 0 Å². The van der Waals surface area contributed by atoms with E-state index in [2.05, 4.69) is 15.4 Å². The molecule has 2 atom stereocenters. The number of hydrogen-bond donors (Lipinski definition) is 1. The van der Waals surface area contributed by atoms with Crippen LogP contribution in [0.25, 0.3) is 0 Å². The molecule has 1 aliphatic rings. The van der Waals surface area contributed by atoms with Crippen LogP contribution in [0, 0.1) is 0 Å². The number of hydrogen-bond acceptors (Lipinski definition) is 5. The number of nitrogens with zero attached hydrogens (tertiary/aromatic N) is 2. The van der Waals surface area contributed by atoms with Crippen molar-refractivity contribution in [2.75, 3.05) is 6.61 Å². The molecule has 0 aliphatic carbocycles. The Labute approximate surface area is 106 Å². The van der Waals surface area contributed by atoms with Crippen molar-refractivity contribution in [1.29, 1.82) is 0 Å². The maximum atomic E-state index is 12.0. The quantitative estimate of drug-likeness (QED) is 0.811. The number of rotatable bonds is 2. The van der Waals surface area contributed by atoms with Gasteiger partial charge in [-0.2, -0.15) is 10.3 Å². The van der Waals surface area contributed by atoms with Gasteiger partial charge in [0.15, 0.2) is 5.69 Å². The highest BCUT2D eigenvalue weighted by molar-refractivity contribution is 5.88. The van der Waals surface area contributed by atoms with Gasteiger partial charge >= 0.3 is 5.97 Å². The minimum Gasteiger partial charge on any atom is -0.455 e. The highest BCUT2D eigenvalue weighted by atomic mass is 16.6. The lowest BCUT2D eigenvalue weighted by molar-refractivity contribution is 0.00606. The summed E-state index contributed by atoms with van der Waals surface area (Å²) >= 11 is 0. The van der Waals surface area contributed by atoms with Crippen molar-refractivity contribution in [3.8, 4) is 0 Å². The monoisotopic (exact) mass is 253 g/mol. The van der Waals surface area contributed by atoms with Gasteiger partial charge in [-0.15, -0.1) is 5.10 Å². The van der Waals surface area contributed by atoms with E-state index in [-0.39, 0.29) is 17.7 Å². The number of carbonyl (C=O) groups is 1. The van der Waals surface area contributed by atoms with Crippen molar-refractivity contribution in [2.45, 2.75) is 51.7 Å². The van der Waals surface area contributed by atoms with Crippen LogP contribution in [0.3, 0.4) is 0 Å². The zero-order chi connectivity index (χ0) is 13.3. The van der Waals surface area contributed by atoms with Crippen molar-refractivity contribution in [3.05, 3.63) is 11.4 Å². The second-order valence-corrected chi connectivity index (χ2v) is 5.53. The van der Waals surface area contributed by atoms with Crippen molar-refractivity contribution in [2.24, 2.45) is 0 Å². The van der Waals surface area contributed by atoms with Crippen LogP contribution < -0.4 is 0 Å². The van der Waals surface area contributed by atoms with Crippen LogP contribution in [0.2, 0.25) is 0 Å². The van der Waals surface area contributed by atoms with Crippen LogP contribution in [0.15, 0.2) is 0 Å². The molecule has 2 rings (SSSR count). The number of nitrogens with one attached hydrogen (secondary N) is 1. The third-order valence-corrected chi connectivity index (χ3v) is 2.89. The third-order valence-electron chi connectivity index (χ3n) is 2.89. The fraction of sp³-hybridized carbons (Fsp3) is 0.750. The molecule has 1 saturated heterocycles. The zero-order valence-electron chi connectivity index (χ0n) is 11.2. The Morgan fingerprint density at radius 3 is 2.72 bits per heavy atom. The molecule has 1 N–H and O–H groups in total. The molecule has 1 fully saturated rings. The van der Waals surface area contributed by atoms with Crippen LogP contribution in [-0.2, 0) is 9.47 Å². The molecular formula is C12H19N3O3. The summed E-state index contributed by atoms with van der Waals surface area (Å²) in [6.45, 7) is 8.14. The average Bonchev–Trinajstić information content (AvgIpc) is 2.82. The fourth-order valence-corrected chi connectivity index (χ4v) is 2.07. The van der Waals surface area contributed by atoms with Crippen LogP contribution in [-0.4, -0.2) is 39.7 Å². The van der Waals surface area contributed by atoms with E-state index < -0.39 is 11.6 Å². The molecule has 1 aromatic rings. The van der Waals surface area contributed by atoms with E-state index in [1.165, 1.54) is 0 Å². The Balaban J connectivity index is 2.20. The number of carbonyl (C=O) groups excluding carboxylic acids is 1. The molecular weight excluding hydrogens is 234 g/mol. The van der Waals surface area contributed by atoms with Gasteiger partial charge in [-0.05, 0) is 34.1 Å². The summed E-state index contributed by atoms with van der Waals surface area (Å²) in [5, 5.41) is 10.5.